The molecule has 0 aromatic heterocycles. The molecule has 0 saturated heterocycles. The van der Waals surface area contributed by atoms with Crippen LogP contribution in [0.1, 0.15) is 58.8 Å². The van der Waals surface area contributed by atoms with Crippen molar-refractivity contribution < 1.29 is 14.7 Å². The van der Waals surface area contributed by atoms with Crippen molar-refractivity contribution in [3.63, 3.8) is 0 Å². The second-order valence-electron chi connectivity index (χ2n) is 5.78. The van der Waals surface area contributed by atoms with Crippen molar-refractivity contribution >= 4 is 11.9 Å². The highest BCUT2D eigenvalue weighted by Gasteiger charge is 2.22. The largest absolute Gasteiger partial charge is 0.480 e. The molecular weight excluding hydrogens is 230 g/mol. The van der Waals surface area contributed by atoms with E-state index < -0.39 is 12.0 Å². The van der Waals surface area contributed by atoms with Crippen molar-refractivity contribution in [2.24, 2.45) is 11.8 Å². The number of aliphatic carboxylic acids is 1. The van der Waals surface area contributed by atoms with Gasteiger partial charge in [-0.05, 0) is 24.7 Å². The fourth-order valence-corrected chi connectivity index (χ4v) is 2.59. The summed E-state index contributed by atoms with van der Waals surface area (Å²) in [5, 5.41) is 11.7. The molecule has 1 atom stereocenters. The predicted molar refractivity (Wildman–Crippen MR) is 70.2 cm³/mol. The number of carbonyl (C=O) groups is 2. The van der Waals surface area contributed by atoms with Gasteiger partial charge in [-0.2, -0.15) is 0 Å². The first kappa shape index (κ1) is 15.0. The number of nitrogens with one attached hydrogen (secondary N) is 1. The van der Waals surface area contributed by atoms with Crippen molar-refractivity contribution in [3.8, 4) is 0 Å². The van der Waals surface area contributed by atoms with Gasteiger partial charge >= 0.3 is 5.97 Å². The zero-order valence-electron chi connectivity index (χ0n) is 11.4. The minimum absolute atomic E-state index is 0.116. The maximum absolute atomic E-state index is 11.7. The number of carboxylic acids is 1. The Bertz CT molecular complexity index is 283. The zero-order chi connectivity index (χ0) is 13.5. The maximum Gasteiger partial charge on any atom is 0.326 e. The van der Waals surface area contributed by atoms with Gasteiger partial charge < -0.3 is 10.4 Å². The molecule has 18 heavy (non-hydrogen) atoms. The minimum Gasteiger partial charge on any atom is -0.480 e. The van der Waals surface area contributed by atoms with Crippen LogP contribution in [0.4, 0.5) is 0 Å². The van der Waals surface area contributed by atoms with Crippen LogP contribution >= 0.6 is 0 Å². The van der Waals surface area contributed by atoms with Crippen molar-refractivity contribution in [2.75, 3.05) is 0 Å². The standard InChI is InChI=1S/C14H25NO3/c1-10(2)9-12(14(17)18)15-13(16)8-7-11-5-3-4-6-11/h10-12H,3-9H2,1-2H3,(H,15,16)(H,17,18)/t12-/m0/s1. The number of carbonyl (C=O) groups excluding carboxylic acids is 1. The molecule has 0 aromatic carbocycles. The highest BCUT2D eigenvalue weighted by atomic mass is 16.4. The summed E-state index contributed by atoms with van der Waals surface area (Å²) in [6.07, 6.45) is 6.86. The smallest absolute Gasteiger partial charge is 0.326 e. The lowest BCUT2D eigenvalue weighted by Crippen LogP contribution is -2.41. The van der Waals surface area contributed by atoms with Gasteiger partial charge in [-0.25, -0.2) is 4.79 Å². The van der Waals surface area contributed by atoms with Gasteiger partial charge in [0.1, 0.15) is 6.04 Å². The van der Waals surface area contributed by atoms with Crippen LogP contribution in [0.25, 0.3) is 0 Å². The molecule has 0 aromatic rings. The molecule has 2 N–H and O–H groups in total. The molecule has 1 amide bonds. The Kier molecular flexibility index (Phi) is 6.16. The summed E-state index contributed by atoms with van der Waals surface area (Å²) in [6.45, 7) is 3.92. The number of amides is 1. The highest BCUT2D eigenvalue weighted by molar-refractivity contribution is 5.83. The quantitative estimate of drug-likeness (QED) is 0.734. The maximum atomic E-state index is 11.7. The topological polar surface area (TPSA) is 66.4 Å². The van der Waals surface area contributed by atoms with Gasteiger partial charge in [0.15, 0.2) is 0 Å². The van der Waals surface area contributed by atoms with Crippen LogP contribution in [0.15, 0.2) is 0 Å². The molecule has 0 radical (unpaired) electrons. The molecule has 104 valence electrons. The Morgan fingerprint density at radius 2 is 1.89 bits per heavy atom. The zero-order valence-corrected chi connectivity index (χ0v) is 11.4. The lowest BCUT2D eigenvalue weighted by molar-refractivity contribution is -0.142. The Labute approximate surface area is 109 Å². The highest BCUT2D eigenvalue weighted by Crippen LogP contribution is 2.28. The normalized spacial score (nSPS) is 17.9. The first-order chi connectivity index (χ1) is 8.49. The van der Waals surface area contributed by atoms with Gasteiger partial charge in [-0.1, -0.05) is 39.5 Å². The van der Waals surface area contributed by atoms with Gasteiger partial charge in [-0.3, -0.25) is 4.79 Å². The summed E-state index contributed by atoms with van der Waals surface area (Å²) in [6, 6.07) is -0.735. The second-order valence-corrected chi connectivity index (χ2v) is 5.78. The van der Waals surface area contributed by atoms with E-state index in [1.807, 2.05) is 13.8 Å². The van der Waals surface area contributed by atoms with E-state index >= 15 is 0 Å². The first-order valence-corrected chi connectivity index (χ1v) is 7.01. The Morgan fingerprint density at radius 1 is 1.28 bits per heavy atom. The van der Waals surface area contributed by atoms with Gasteiger partial charge in [0.2, 0.25) is 5.91 Å². The number of carboxylic acid groups (broad SMARTS) is 1. The van der Waals surface area contributed by atoms with E-state index in [-0.39, 0.29) is 11.8 Å². The van der Waals surface area contributed by atoms with Crippen LogP contribution in [-0.2, 0) is 9.59 Å². The number of rotatable bonds is 7. The van der Waals surface area contributed by atoms with Crippen LogP contribution in [0.2, 0.25) is 0 Å². The molecular formula is C14H25NO3. The van der Waals surface area contributed by atoms with Crippen molar-refractivity contribution in [1.82, 2.24) is 5.32 Å². The van der Waals surface area contributed by atoms with Gasteiger partial charge in [0.25, 0.3) is 0 Å². The van der Waals surface area contributed by atoms with E-state index in [1.54, 1.807) is 0 Å². The van der Waals surface area contributed by atoms with Crippen molar-refractivity contribution in [2.45, 2.75) is 64.8 Å². The summed E-state index contributed by atoms with van der Waals surface area (Å²) in [5.41, 5.74) is 0. The third-order valence-corrected chi connectivity index (χ3v) is 3.59. The third kappa shape index (κ3) is 5.52. The van der Waals surface area contributed by atoms with Gasteiger partial charge in [0.05, 0.1) is 0 Å². The first-order valence-electron chi connectivity index (χ1n) is 7.01. The van der Waals surface area contributed by atoms with E-state index in [4.69, 9.17) is 5.11 Å². The second kappa shape index (κ2) is 7.39. The SMILES string of the molecule is CC(C)C[C@H](NC(=O)CCC1CCCC1)C(=O)O. The van der Waals surface area contributed by atoms with E-state index in [2.05, 4.69) is 5.32 Å². The third-order valence-electron chi connectivity index (χ3n) is 3.59. The van der Waals surface area contributed by atoms with E-state index in [0.29, 0.717) is 18.8 Å². The van der Waals surface area contributed by atoms with E-state index in [0.717, 1.165) is 6.42 Å². The molecule has 1 rings (SSSR count). The number of hydrogen-bond acceptors (Lipinski definition) is 2. The van der Waals surface area contributed by atoms with E-state index in [1.165, 1.54) is 25.7 Å². The predicted octanol–water partition coefficient (Wildman–Crippen LogP) is 2.57. The minimum atomic E-state index is -0.932. The molecule has 0 spiro atoms. The molecule has 0 heterocycles. The summed E-state index contributed by atoms with van der Waals surface area (Å²) in [7, 11) is 0. The summed E-state index contributed by atoms with van der Waals surface area (Å²) < 4.78 is 0. The monoisotopic (exact) mass is 255 g/mol. The molecule has 1 aliphatic rings. The Balaban J connectivity index is 2.29. The lowest BCUT2D eigenvalue weighted by atomic mass is 10.0. The van der Waals surface area contributed by atoms with Crippen molar-refractivity contribution in [3.05, 3.63) is 0 Å². The van der Waals surface area contributed by atoms with Gasteiger partial charge in [-0.15, -0.1) is 0 Å². The Morgan fingerprint density at radius 3 is 2.39 bits per heavy atom. The van der Waals surface area contributed by atoms with Crippen LogP contribution < -0.4 is 5.32 Å². The summed E-state index contributed by atoms with van der Waals surface area (Å²) >= 11 is 0. The lowest BCUT2D eigenvalue weighted by Gasteiger charge is -2.17. The molecule has 4 heteroatoms. The average Bonchev–Trinajstić information content (AvgIpc) is 2.77. The number of hydrogen-bond donors (Lipinski definition) is 2. The fourth-order valence-electron chi connectivity index (χ4n) is 2.59. The summed E-state index contributed by atoms with van der Waals surface area (Å²) in [5.74, 6) is -0.113. The Hall–Kier alpha value is -1.06. The molecule has 4 nitrogen and oxygen atoms in total. The molecule has 1 fully saturated rings. The van der Waals surface area contributed by atoms with Crippen LogP contribution in [0.5, 0.6) is 0 Å². The molecule has 1 saturated carbocycles. The molecule has 0 bridgehead atoms. The van der Waals surface area contributed by atoms with Gasteiger partial charge in [0, 0.05) is 6.42 Å². The van der Waals surface area contributed by atoms with E-state index in [9.17, 15) is 9.59 Å². The summed E-state index contributed by atoms with van der Waals surface area (Å²) in [4.78, 5) is 22.7. The van der Waals surface area contributed by atoms with Crippen molar-refractivity contribution in [1.29, 1.82) is 0 Å². The average molecular weight is 255 g/mol. The molecule has 0 aliphatic heterocycles. The van der Waals surface area contributed by atoms with Crippen LogP contribution in [0.3, 0.4) is 0 Å². The molecule has 1 aliphatic carbocycles. The van der Waals surface area contributed by atoms with Crippen LogP contribution in [0, 0.1) is 11.8 Å². The molecule has 0 unspecified atom stereocenters. The van der Waals surface area contributed by atoms with Crippen LogP contribution in [-0.4, -0.2) is 23.0 Å². The fraction of sp³-hybridized carbons (Fsp3) is 0.857.